The molecule has 1 saturated heterocycles. The molecule has 34 heavy (non-hydrogen) atoms. The van der Waals surface area contributed by atoms with Gasteiger partial charge in [0.1, 0.15) is 0 Å². The number of nitrogens with zero attached hydrogens (tertiary/aromatic N) is 3. The first kappa shape index (κ1) is 24.0. The fraction of sp³-hybridized carbons (Fsp3) is 0.273. The van der Waals surface area contributed by atoms with Gasteiger partial charge >= 0.3 is 0 Å². The zero-order valence-corrected chi connectivity index (χ0v) is 20.1. The maximum atomic E-state index is 16.1. The number of nitrogens with two attached hydrogens (primary N) is 1. The lowest BCUT2D eigenvalue weighted by atomic mass is 9.92. The number of amides is 1. The molecular weight excluding hydrogens is 483 g/mol. The number of hydrogen-bond acceptors (Lipinski definition) is 6. The number of carbonyl (C=O) groups is 1. The molecule has 3 aromatic rings. The number of aromatic nitrogens is 2. The van der Waals surface area contributed by atoms with Gasteiger partial charge in [0.2, 0.25) is 5.67 Å². The monoisotopic (exact) mass is 506 g/mol. The number of anilines is 1. The van der Waals surface area contributed by atoms with Crippen molar-refractivity contribution in [3.63, 3.8) is 0 Å². The molecule has 1 aliphatic rings. The van der Waals surface area contributed by atoms with Crippen molar-refractivity contribution < 1.29 is 26.0 Å². The molecule has 0 spiro atoms. The first-order chi connectivity index (χ1) is 15.8. The topological polar surface area (TPSA) is 132 Å². The largest absolute Gasteiger partial charge is 0.333 e. The van der Waals surface area contributed by atoms with Crippen molar-refractivity contribution in [2.75, 3.05) is 17.7 Å². The fourth-order valence-corrected chi connectivity index (χ4v) is 5.58. The molecule has 180 valence electrons. The Kier molecular flexibility index (Phi) is 5.86. The van der Waals surface area contributed by atoms with Gasteiger partial charge in [-0.25, -0.2) is 31.3 Å². The fourth-order valence-electron chi connectivity index (χ4n) is 4.14. The Labute approximate surface area is 197 Å². The van der Waals surface area contributed by atoms with Crippen LogP contribution in [0.4, 0.5) is 10.1 Å². The Bertz CT molecular complexity index is 1490. The van der Waals surface area contributed by atoms with Crippen LogP contribution in [-0.4, -0.2) is 45.1 Å². The molecular formula is C22H23FN4O5S2. The van der Waals surface area contributed by atoms with Crippen molar-refractivity contribution in [3.8, 4) is 11.1 Å². The van der Waals surface area contributed by atoms with Crippen LogP contribution in [0.5, 0.6) is 0 Å². The van der Waals surface area contributed by atoms with Gasteiger partial charge < -0.3 is 9.47 Å². The number of benzene rings is 2. The lowest BCUT2D eigenvalue weighted by molar-refractivity contribution is -0.133. The molecule has 9 nitrogen and oxygen atoms in total. The summed E-state index contributed by atoms with van der Waals surface area (Å²) in [5.74, 6) is -1.34. The number of alkyl halides is 1. The van der Waals surface area contributed by atoms with Crippen LogP contribution in [0.3, 0.4) is 0 Å². The molecule has 0 bridgehead atoms. The molecule has 0 saturated carbocycles. The molecule has 12 heteroatoms. The lowest BCUT2D eigenvalue weighted by Crippen LogP contribution is -2.50. The van der Waals surface area contributed by atoms with E-state index in [9.17, 15) is 21.6 Å². The van der Waals surface area contributed by atoms with Gasteiger partial charge in [-0.1, -0.05) is 36.4 Å². The average Bonchev–Trinajstić information content (AvgIpc) is 3.18. The Morgan fingerprint density at radius 3 is 2.35 bits per heavy atom. The van der Waals surface area contributed by atoms with E-state index in [2.05, 4.69) is 4.98 Å². The van der Waals surface area contributed by atoms with Crippen molar-refractivity contribution in [2.24, 2.45) is 12.2 Å². The predicted molar refractivity (Wildman–Crippen MR) is 124 cm³/mol. The number of sulfonamides is 1. The Balaban J connectivity index is 1.79. The number of rotatable bonds is 5. The van der Waals surface area contributed by atoms with Gasteiger partial charge in [-0.3, -0.25) is 4.79 Å². The molecule has 1 aliphatic heterocycles. The standard InChI is InChI=1S/C22H23FN4O5S2/c1-26-14-19(34(24,31)32)25-20(26)22(23)11-6-12-27(21(22)28)16-9-10-17(15-7-4-3-5-8-15)18(13-16)33(2,29)30/h3-5,7-10,13-14H,6,11-12H2,1-2H3,(H2,24,31,32). The van der Waals surface area contributed by atoms with E-state index in [0.717, 1.165) is 21.9 Å². The van der Waals surface area contributed by atoms with Gasteiger partial charge in [-0.15, -0.1) is 0 Å². The second-order valence-electron chi connectivity index (χ2n) is 8.24. The highest BCUT2D eigenvalue weighted by Gasteiger charge is 2.50. The summed E-state index contributed by atoms with van der Waals surface area (Å²) in [5.41, 5.74) is -1.25. The molecule has 4 rings (SSSR count). The third-order valence-electron chi connectivity index (χ3n) is 5.75. The van der Waals surface area contributed by atoms with Crippen LogP contribution in [0.15, 0.2) is 64.6 Å². The summed E-state index contributed by atoms with van der Waals surface area (Å²) in [6.45, 7) is 0.158. The van der Waals surface area contributed by atoms with E-state index in [4.69, 9.17) is 5.14 Å². The third-order valence-corrected chi connectivity index (χ3v) is 7.66. The Hall–Kier alpha value is -3.09. The summed E-state index contributed by atoms with van der Waals surface area (Å²) in [6.07, 6.45) is 2.15. The Morgan fingerprint density at radius 2 is 1.76 bits per heavy atom. The molecule has 2 heterocycles. The van der Waals surface area contributed by atoms with Gasteiger partial charge in [0, 0.05) is 37.3 Å². The van der Waals surface area contributed by atoms with E-state index in [0.29, 0.717) is 11.1 Å². The SMILES string of the molecule is Cn1cc(S(N)(=O)=O)nc1C1(F)CCCN(c2ccc(-c3ccccc3)c(S(C)(=O)=O)c2)C1=O. The third kappa shape index (κ3) is 4.24. The van der Waals surface area contributed by atoms with Gasteiger partial charge in [0.15, 0.2) is 20.7 Å². The van der Waals surface area contributed by atoms with Crippen molar-refractivity contribution >= 4 is 31.5 Å². The van der Waals surface area contributed by atoms with Crippen molar-refractivity contribution in [3.05, 3.63) is 60.6 Å². The minimum atomic E-state index is -4.20. The minimum absolute atomic E-state index is 0.00698. The molecule has 1 amide bonds. The zero-order valence-electron chi connectivity index (χ0n) is 18.5. The quantitative estimate of drug-likeness (QED) is 0.564. The van der Waals surface area contributed by atoms with Crippen LogP contribution < -0.4 is 10.0 Å². The van der Waals surface area contributed by atoms with E-state index in [-0.39, 0.29) is 35.8 Å². The number of carbonyl (C=O) groups excluding carboxylic acids is 1. The number of primary sulfonamides is 1. The molecule has 1 aromatic heterocycles. The van der Waals surface area contributed by atoms with E-state index in [1.807, 2.05) is 6.07 Å². The maximum absolute atomic E-state index is 16.1. The van der Waals surface area contributed by atoms with Crippen LogP contribution in [0, 0.1) is 0 Å². The minimum Gasteiger partial charge on any atom is -0.333 e. The summed E-state index contributed by atoms with van der Waals surface area (Å²) in [5, 5.41) is 4.56. The van der Waals surface area contributed by atoms with E-state index < -0.39 is 36.5 Å². The number of aryl methyl sites for hydroxylation is 1. The summed E-state index contributed by atoms with van der Waals surface area (Å²) in [6, 6.07) is 13.4. The summed E-state index contributed by atoms with van der Waals surface area (Å²) in [7, 11) is -6.51. The van der Waals surface area contributed by atoms with E-state index in [1.165, 1.54) is 13.1 Å². The lowest BCUT2D eigenvalue weighted by Gasteiger charge is -2.36. The van der Waals surface area contributed by atoms with Gasteiger partial charge in [0.25, 0.3) is 15.9 Å². The molecule has 0 aliphatic carbocycles. The number of sulfone groups is 1. The van der Waals surface area contributed by atoms with Crippen molar-refractivity contribution in [1.29, 1.82) is 0 Å². The molecule has 2 N–H and O–H groups in total. The van der Waals surface area contributed by atoms with Gasteiger partial charge in [-0.2, -0.15) is 0 Å². The molecule has 0 radical (unpaired) electrons. The second-order valence-corrected chi connectivity index (χ2v) is 11.7. The first-order valence-corrected chi connectivity index (χ1v) is 13.7. The smallest absolute Gasteiger partial charge is 0.272 e. The second kappa shape index (κ2) is 8.29. The van der Waals surface area contributed by atoms with Crippen LogP contribution >= 0.6 is 0 Å². The van der Waals surface area contributed by atoms with Crippen LogP contribution in [0.25, 0.3) is 11.1 Å². The molecule has 1 unspecified atom stereocenters. The highest BCUT2D eigenvalue weighted by atomic mass is 32.2. The van der Waals surface area contributed by atoms with Crippen LogP contribution in [-0.2, 0) is 37.4 Å². The van der Waals surface area contributed by atoms with Crippen LogP contribution in [0.1, 0.15) is 18.7 Å². The normalized spacial score (nSPS) is 19.4. The number of imidazole rings is 1. The molecule has 1 fully saturated rings. The van der Waals surface area contributed by atoms with Crippen molar-refractivity contribution in [1.82, 2.24) is 9.55 Å². The summed E-state index contributed by atoms with van der Waals surface area (Å²) < 4.78 is 65.7. The van der Waals surface area contributed by atoms with E-state index in [1.54, 1.807) is 36.4 Å². The predicted octanol–water partition coefficient (Wildman–Crippen LogP) is 2.13. The Morgan fingerprint density at radius 1 is 1.09 bits per heavy atom. The van der Waals surface area contributed by atoms with Crippen molar-refractivity contribution in [2.45, 2.75) is 28.4 Å². The van der Waals surface area contributed by atoms with Crippen LogP contribution in [0.2, 0.25) is 0 Å². The zero-order chi connectivity index (χ0) is 24.9. The first-order valence-electron chi connectivity index (χ1n) is 10.3. The summed E-state index contributed by atoms with van der Waals surface area (Å²) >= 11 is 0. The maximum Gasteiger partial charge on any atom is 0.272 e. The molecule has 2 aromatic carbocycles. The number of piperidine rings is 1. The number of halogens is 1. The van der Waals surface area contributed by atoms with Gasteiger partial charge in [-0.05, 0) is 30.5 Å². The highest BCUT2D eigenvalue weighted by Crippen LogP contribution is 2.39. The average molecular weight is 507 g/mol. The van der Waals surface area contributed by atoms with Gasteiger partial charge in [0.05, 0.1) is 4.90 Å². The summed E-state index contributed by atoms with van der Waals surface area (Å²) in [4.78, 5) is 18.3. The molecule has 1 atom stereocenters. The number of hydrogen-bond donors (Lipinski definition) is 1. The van der Waals surface area contributed by atoms with E-state index >= 15 is 4.39 Å². The highest BCUT2D eigenvalue weighted by molar-refractivity contribution is 7.90.